The zero-order valence-electron chi connectivity index (χ0n) is 19.6. The van der Waals surface area contributed by atoms with E-state index in [0.717, 1.165) is 34.5 Å². The molecule has 1 heterocycles. The van der Waals surface area contributed by atoms with Gasteiger partial charge in [-0.05, 0) is 49.6 Å². The second kappa shape index (κ2) is 11.0. The maximum atomic E-state index is 14.1. The third-order valence-electron chi connectivity index (χ3n) is 6.51. The summed E-state index contributed by atoms with van der Waals surface area (Å²) in [5.74, 6) is -1.52. The lowest BCUT2D eigenvalue weighted by Gasteiger charge is -2.21. The lowest BCUT2D eigenvalue weighted by molar-refractivity contribution is -0.116. The van der Waals surface area contributed by atoms with E-state index < -0.39 is 39.4 Å². The van der Waals surface area contributed by atoms with Crippen molar-refractivity contribution < 1.29 is 17.6 Å². The zero-order valence-corrected chi connectivity index (χ0v) is 21.2. The number of sulfone groups is 1. The molecule has 1 aromatic heterocycles. The smallest absolute Gasteiger partial charge is 0.322 e. The highest BCUT2D eigenvalue weighted by atomic mass is 35.5. The van der Waals surface area contributed by atoms with Crippen LogP contribution in [-0.2, 0) is 27.7 Å². The molecule has 0 unspecified atom stereocenters. The van der Waals surface area contributed by atoms with Gasteiger partial charge in [0.15, 0.2) is 9.84 Å². The summed E-state index contributed by atoms with van der Waals surface area (Å²) in [4.78, 5) is 39.0. The second-order valence-electron chi connectivity index (χ2n) is 9.00. The van der Waals surface area contributed by atoms with Gasteiger partial charge in [0.2, 0.25) is 5.91 Å². The summed E-state index contributed by atoms with van der Waals surface area (Å²) < 4.78 is 41.7. The molecule has 0 spiro atoms. The summed E-state index contributed by atoms with van der Waals surface area (Å²) in [6.45, 7) is -0.566. The predicted octanol–water partition coefficient (Wildman–Crippen LogP) is 3.73. The molecule has 1 fully saturated rings. The van der Waals surface area contributed by atoms with Gasteiger partial charge < -0.3 is 5.32 Å². The monoisotopic (exact) mass is 535 g/mol. The topological polar surface area (TPSA) is 107 Å². The van der Waals surface area contributed by atoms with Gasteiger partial charge in [-0.25, -0.2) is 17.6 Å². The quantitative estimate of drug-likeness (QED) is 0.473. The van der Waals surface area contributed by atoms with E-state index >= 15 is 0 Å². The van der Waals surface area contributed by atoms with E-state index in [1.807, 2.05) is 0 Å². The van der Waals surface area contributed by atoms with Crippen LogP contribution in [0.4, 0.5) is 10.1 Å². The number of carbonyl (C=O) groups excluding carboxylic acids is 1. The standard InChI is InChI=1S/C25H27ClFN3O5S/c26-17-11-12-21(20(27)15-17)28-23(31)16-30-22-10-5-4-9-19(22)24(32)29(25(30)33)13-6-14-36(34,35)18-7-2-1-3-8-18/h4-5,9-12,15,18H,1-3,6-8,13-14,16H2,(H,28,31). The molecule has 0 radical (unpaired) electrons. The van der Waals surface area contributed by atoms with Gasteiger partial charge in [0.05, 0.1) is 27.6 Å². The molecule has 4 rings (SSSR count). The summed E-state index contributed by atoms with van der Waals surface area (Å²) in [5.41, 5.74) is -1.13. The Bertz CT molecular complexity index is 1510. The Morgan fingerprint density at radius 3 is 2.50 bits per heavy atom. The van der Waals surface area contributed by atoms with E-state index in [-0.39, 0.29) is 45.6 Å². The summed E-state index contributed by atoms with van der Waals surface area (Å²) >= 11 is 5.75. The van der Waals surface area contributed by atoms with Crippen molar-refractivity contribution in [3.05, 3.63) is 74.1 Å². The number of fused-ring (bicyclic) bond motifs is 1. The van der Waals surface area contributed by atoms with Gasteiger partial charge in [0.25, 0.3) is 5.56 Å². The highest BCUT2D eigenvalue weighted by molar-refractivity contribution is 7.92. The molecule has 192 valence electrons. The molecule has 0 bridgehead atoms. The molecule has 0 aliphatic heterocycles. The second-order valence-corrected chi connectivity index (χ2v) is 11.8. The van der Waals surface area contributed by atoms with Gasteiger partial charge in [0.1, 0.15) is 12.4 Å². The van der Waals surface area contributed by atoms with Crippen LogP contribution < -0.4 is 16.6 Å². The van der Waals surface area contributed by atoms with Crippen molar-refractivity contribution in [1.29, 1.82) is 0 Å². The maximum absolute atomic E-state index is 14.1. The fraction of sp³-hybridized carbons (Fsp3) is 0.400. The number of rotatable bonds is 8. The number of nitrogens with zero attached hydrogens (tertiary/aromatic N) is 2. The van der Waals surface area contributed by atoms with Crippen LogP contribution in [0.3, 0.4) is 0 Å². The fourth-order valence-electron chi connectivity index (χ4n) is 4.66. The Labute approximate surface area is 212 Å². The number of hydrogen-bond donors (Lipinski definition) is 1. The number of aromatic nitrogens is 2. The number of para-hydroxylation sites is 1. The first kappa shape index (κ1) is 26.1. The predicted molar refractivity (Wildman–Crippen MR) is 138 cm³/mol. The van der Waals surface area contributed by atoms with Crippen LogP contribution in [0.25, 0.3) is 10.9 Å². The number of anilines is 1. The molecular formula is C25H27ClFN3O5S. The first-order chi connectivity index (χ1) is 17.2. The van der Waals surface area contributed by atoms with Crippen molar-refractivity contribution in [3.8, 4) is 0 Å². The molecule has 1 amide bonds. The van der Waals surface area contributed by atoms with Gasteiger partial charge in [-0.15, -0.1) is 0 Å². The molecular weight excluding hydrogens is 509 g/mol. The van der Waals surface area contributed by atoms with Gasteiger partial charge >= 0.3 is 5.69 Å². The average Bonchev–Trinajstić information content (AvgIpc) is 2.86. The summed E-state index contributed by atoms with van der Waals surface area (Å²) in [6, 6.07) is 10.1. The summed E-state index contributed by atoms with van der Waals surface area (Å²) in [7, 11) is -3.33. The van der Waals surface area contributed by atoms with Gasteiger partial charge in [-0.2, -0.15) is 0 Å². The van der Waals surface area contributed by atoms with E-state index in [4.69, 9.17) is 11.6 Å². The molecule has 11 heteroatoms. The molecule has 0 saturated heterocycles. The van der Waals surface area contributed by atoms with Crippen LogP contribution in [0.15, 0.2) is 52.1 Å². The minimum Gasteiger partial charge on any atom is -0.322 e. The first-order valence-corrected chi connectivity index (χ1v) is 14.0. The van der Waals surface area contributed by atoms with Crippen LogP contribution in [0.2, 0.25) is 5.02 Å². The molecule has 1 saturated carbocycles. The summed E-state index contributed by atoms with van der Waals surface area (Å²) in [5, 5.41) is 2.44. The van der Waals surface area contributed by atoms with Crippen LogP contribution in [0.1, 0.15) is 38.5 Å². The largest absolute Gasteiger partial charge is 0.331 e. The minimum absolute atomic E-state index is 0.0944. The molecule has 2 aromatic carbocycles. The highest BCUT2D eigenvalue weighted by Gasteiger charge is 2.27. The Hall–Kier alpha value is -2.98. The van der Waals surface area contributed by atoms with Crippen LogP contribution >= 0.6 is 11.6 Å². The number of carbonyl (C=O) groups is 1. The number of benzene rings is 2. The molecule has 3 aromatic rings. The van der Waals surface area contributed by atoms with Crippen LogP contribution in [-0.4, -0.2) is 34.5 Å². The number of nitrogens with one attached hydrogen (secondary N) is 1. The average molecular weight is 536 g/mol. The maximum Gasteiger partial charge on any atom is 0.331 e. The molecule has 1 aliphatic rings. The van der Waals surface area contributed by atoms with E-state index in [1.54, 1.807) is 24.3 Å². The lowest BCUT2D eigenvalue weighted by atomic mass is 10.0. The van der Waals surface area contributed by atoms with Crippen molar-refractivity contribution in [2.45, 2.75) is 56.9 Å². The summed E-state index contributed by atoms with van der Waals surface area (Å²) in [6.07, 6.45) is 4.22. The Kier molecular flexibility index (Phi) is 7.94. The fourth-order valence-corrected chi connectivity index (χ4v) is 6.73. The Morgan fingerprint density at radius 1 is 1.06 bits per heavy atom. The number of hydrogen-bond acceptors (Lipinski definition) is 5. The molecule has 8 nitrogen and oxygen atoms in total. The Balaban J connectivity index is 1.58. The molecule has 0 atom stereocenters. The van der Waals surface area contributed by atoms with Gasteiger partial charge in [-0.3, -0.25) is 18.7 Å². The van der Waals surface area contributed by atoms with Crippen molar-refractivity contribution in [2.24, 2.45) is 0 Å². The Morgan fingerprint density at radius 2 is 1.78 bits per heavy atom. The van der Waals surface area contributed by atoms with Gasteiger partial charge in [0, 0.05) is 11.6 Å². The third kappa shape index (κ3) is 5.70. The van der Waals surface area contributed by atoms with E-state index in [2.05, 4.69) is 5.32 Å². The van der Waals surface area contributed by atoms with Crippen molar-refractivity contribution in [3.63, 3.8) is 0 Å². The number of amides is 1. The highest BCUT2D eigenvalue weighted by Crippen LogP contribution is 2.24. The van der Waals surface area contributed by atoms with E-state index in [1.165, 1.54) is 12.1 Å². The van der Waals surface area contributed by atoms with E-state index in [9.17, 15) is 27.2 Å². The van der Waals surface area contributed by atoms with Crippen LogP contribution in [0, 0.1) is 5.82 Å². The SMILES string of the molecule is O=C(Cn1c(=O)n(CCCS(=O)(=O)C2CCCCC2)c(=O)c2ccccc21)Nc1ccc(Cl)cc1F. The molecule has 1 aliphatic carbocycles. The molecule has 36 heavy (non-hydrogen) atoms. The third-order valence-corrected chi connectivity index (χ3v) is 9.09. The number of halogens is 2. The van der Waals surface area contributed by atoms with Crippen molar-refractivity contribution in [2.75, 3.05) is 11.1 Å². The molecule has 1 N–H and O–H groups in total. The van der Waals surface area contributed by atoms with Crippen molar-refractivity contribution in [1.82, 2.24) is 9.13 Å². The van der Waals surface area contributed by atoms with Crippen molar-refractivity contribution >= 4 is 43.9 Å². The lowest BCUT2D eigenvalue weighted by Crippen LogP contribution is -2.42. The first-order valence-electron chi connectivity index (χ1n) is 11.9. The van der Waals surface area contributed by atoms with E-state index in [0.29, 0.717) is 12.8 Å². The van der Waals surface area contributed by atoms with Gasteiger partial charge in [-0.1, -0.05) is 43.0 Å². The normalized spacial score (nSPS) is 14.7. The minimum atomic E-state index is -3.33. The van der Waals surface area contributed by atoms with Crippen LogP contribution in [0.5, 0.6) is 0 Å². The zero-order chi connectivity index (χ0) is 25.9.